The molecule has 0 aliphatic heterocycles. The number of hydrazone groups is 1. The molecular weight excluding hydrogens is 184 g/mol. The van der Waals surface area contributed by atoms with Crippen molar-refractivity contribution in [2.24, 2.45) is 5.10 Å². The number of hydrogen-bond acceptors (Lipinski definition) is 4. The highest BCUT2D eigenvalue weighted by Crippen LogP contribution is 2.14. The standard InChI is InChI=1S/C9H10N2O3/c1-14-8-4-2-7(3-5-8)11-10-6-9(12)13/h2-6,11H,1H3,(H,12,13)/b10-6+. The van der Waals surface area contributed by atoms with Gasteiger partial charge in [-0.15, -0.1) is 0 Å². The predicted octanol–water partition coefficient (Wildman–Crippen LogP) is 1.18. The predicted molar refractivity (Wildman–Crippen MR) is 52.7 cm³/mol. The SMILES string of the molecule is COc1ccc(N/N=C/C(=O)O)cc1. The summed E-state index contributed by atoms with van der Waals surface area (Å²) in [5, 5.41) is 11.7. The zero-order valence-corrected chi connectivity index (χ0v) is 7.60. The van der Waals surface area contributed by atoms with E-state index in [1.165, 1.54) is 0 Å². The molecule has 2 N–H and O–H groups in total. The summed E-state index contributed by atoms with van der Waals surface area (Å²) in [5.41, 5.74) is 3.26. The van der Waals surface area contributed by atoms with Crippen LogP contribution in [0.15, 0.2) is 29.4 Å². The van der Waals surface area contributed by atoms with E-state index in [2.05, 4.69) is 10.5 Å². The number of rotatable bonds is 4. The number of nitrogens with one attached hydrogen (secondary N) is 1. The molecule has 0 atom stereocenters. The minimum absolute atomic E-state index is 0.698. The van der Waals surface area contributed by atoms with E-state index in [1.807, 2.05) is 0 Å². The Morgan fingerprint density at radius 3 is 2.64 bits per heavy atom. The summed E-state index contributed by atoms with van der Waals surface area (Å²) in [6, 6.07) is 6.97. The molecule has 0 radical (unpaired) electrons. The lowest BCUT2D eigenvalue weighted by molar-refractivity contribution is -0.128. The van der Waals surface area contributed by atoms with Gasteiger partial charge in [0.25, 0.3) is 0 Å². The Bertz CT molecular complexity index is 332. The molecular formula is C9H10N2O3. The van der Waals surface area contributed by atoms with E-state index in [0.29, 0.717) is 5.69 Å². The Labute approximate surface area is 81.0 Å². The summed E-state index contributed by atoms with van der Waals surface area (Å²) >= 11 is 0. The number of benzene rings is 1. The molecule has 0 bridgehead atoms. The fraction of sp³-hybridized carbons (Fsp3) is 0.111. The van der Waals surface area contributed by atoms with Gasteiger partial charge >= 0.3 is 5.97 Å². The van der Waals surface area contributed by atoms with Crippen LogP contribution in [0.25, 0.3) is 0 Å². The van der Waals surface area contributed by atoms with Crippen LogP contribution >= 0.6 is 0 Å². The van der Waals surface area contributed by atoms with Crippen molar-refractivity contribution in [3.63, 3.8) is 0 Å². The van der Waals surface area contributed by atoms with Gasteiger partial charge in [0.15, 0.2) is 0 Å². The van der Waals surface area contributed by atoms with Crippen LogP contribution in [0.3, 0.4) is 0 Å². The summed E-state index contributed by atoms with van der Waals surface area (Å²) in [6.45, 7) is 0. The smallest absolute Gasteiger partial charge is 0.348 e. The average molecular weight is 194 g/mol. The van der Waals surface area contributed by atoms with E-state index in [0.717, 1.165) is 12.0 Å². The van der Waals surface area contributed by atoms with Gasteiger partial charge in [-0.2, -0.15) is 5.10 Å². The molecule has 0 spiro atoms. The van der Waals surface area contributed by atoms with Crippen LogP contribution in [0, 0.1) is 0 Å². The maximum atomic E-state index is 10.1. The Balaban J connectivity index is 2.56. The van der Waals surface area contributed by atoms with Crippen LogP contribution in [0.4, 0.5) is 5.69 Å². The number of carbonyl (C=O) groups is 1. The number of carboxylic acid groups (broad SMARTS) is 1. The molecule has 1 aromatic carbocycles. The molecule has 1 rings (SSSR count). The van der Waals surface area contributed by atoms with Crippen molar-refractivity contribution in [1.29, 1.82) is 0 Å². The van der Waals surface area contributed by atoms with Crippen LogP contribution < -0.4 is 10.2 Å². The fourth-order valence-corrected chi connectivity index (χ4v) is 0.828. The summed E-state index contributed by atoms with van der Waals surface area (Å²) in [4.78, 5) is 10.1. The third kappa shape index (κ3) is 3.14. The summed E-state index contributed by atoms with van der Waals surface area (Å²) < 4.78 is 4.95. The van der Waals surface area contributed by atoms with Gasteiger partial charge in [0.05, 0.1) is 12.8 Å². The van der Waals surface area contributed by atoms with E-state index in [1.54, 1.807) is 31.4 Å². The van der Waals surface area contributed by atoms with Crippen molar-refractivity contribution in [3.8, 4) is 5.75 Å². The van der Waals surface area contributed by atoms with Crippen molar-refractivity contribution in [2.75, 3.05) is 12.5 Å². The van der Waals surface area contributed by atoms with Gasteiger partial charge in [-0.25, -0.2) is 4.79 Å². The van der Waals surface area contributed by atoms with Gasteiger partial charge in [-0.3, -0.25) is 5.43 Å². The molecule has 14 heavy (non-hydrogen) atoms. The molecule has 0 saturated heterocycles. The monoisotopic (exact) mass is 194 g/mol. The summed E-state index contributed by atoms with van der Waals surface area (Å²) in [5.74, 6) is -0.358. The zero-order chi connectivity index (χ0) is 10.4. The van der Waals surface area contributed by atoms with Crippen molar-refractivity contribution in [1.82, 2.24) is 0 Å². The van der Waals surface area contributed by atoms with Crippen molar-refractivity contribution in [3.05, 3.63) is 24.3 Å². The zero-order valence-electron chi connectivity index (χ0n) is 7.60. The number of aliphatic carboxylic acids is 1. The lowest BCUT2D eigenvalue weighted by Gasteiger charge is -2.01. The number of ether oxygens (including phenoxy) is 1. The highest BCUT2D eigenvalue weighted by Gasteiger charge is 1.91. The molecule has 0 heterocycles. The fourth-order valence-electron chi connectivity index (χ4n) is 0.828. The van der Waals surface area contributed by atoms with Gasteiger partial charge in [0.1, 0.15) is 12.0 Å². The maximum absolute atomic E-state index is 10.1. The normalized spacial score (nSPS) is 10.1. The second-order valence-corrected chi connectivity index (χ2v) is 2.44. The van der Waals surface area contributed by atoms with E-state index in [4.69, 9.17) is 9.84 Å². The summed E-state index contributed by atoms with van der Waals surface area (Å²) in [6.07, 6.45) is 0.782. The number of anilines is 1. The van der Waals surface area contributed by atoms with Gasteiger partial charge in [-0.1, -0.05) is 0 Å². The second kappa shape index (κ2) is 4.86. The van der Waals surface area contributed by atoms with E-state index in [9.17, 15) is 4.79 Å². The quantitative estimate of drug-likeness (QED) is 0.557. The number of methoxy groups -OCH3 is 1. The highest BCUT2D eigenvalue weighted by molar-refractivity contribution is 6.22. The Kier molecular flexibility index (Phi) is 3.49. The Hall–Kier alpha value is -2.04. The largest absolute Gasteiger partial charge is 0.497 e. The molecule has 1 aromatic rings. The molecule has 0 amide bonds. The molecule has 74 valence electrons. The Morgan fingerprint density at radius 1 is 1.50 bits per heavy atom. The van der Waals surface area contributed by atoms with Gasteiger partial charge < -0.3 is 9.84 Å². The highest BCUT2D eigenvalue weighted by atomic mass is 16.5. The van der Waals surface area contributed by atoms with Crippen molar-refractivity contribution >= 4 is 17.9 Å². The number of nitrogens with zero attached hydrogens (tertiary/aromatic N) is 1. The van der Waals surface area contributed by atoms with E-state index >= 15 is 0 Å². The molecule has 0 aliphatic rings. The van der Waals surface area contributed by atoms with Gasteiger partial charge in [-0.05, 0) is 24.3 Å². The molecule has 0 saturated carbocycles. The van der Waals surface area contributed by atoms with E-state index in [-0.39, 0.29) is 0 Å². The minimum atomic E-state index is -1.09. The minimum Gasteiger partial charge on any atom is -0.497 e. The van der Waals surface area contributed by atoms with Crippen molar-refractivity contribution in [2.45, 2.75) is 0 Å². The first-order chi connectivity index (χ1) is 6.72. The molecule has 0 aliphatic carbocycles. The molecule has 0 fully saturated rings. The topological polar surface area (TPSA) is 70.9 Å². The molecule has 5 heteroatoms. The lowest BCUT2D eigenvalue weighted by Crippen LogP contribution is -1.98. The Morgan fingerprint density at radius 2 is 2.14 bits per heavy atom. The summed E-state index contributed by atoms with van der Waals surface area (Å²) in [7, 11) is 1.57. The third-order valence-electron chi connectivity index (χ3n) is 1.46. The van der Waals surface area contributed by atoms with Crippen molar-refractivity contribution < 1.29 is 14.6 Å². The average Bonchev–Trinajstić information content (AvgIpc) is 2.18. The second-order valence-electron chi connectivity index (χ2n) is 2.44. The van der Waals surface area contributed by atoms with Crippen LogP contribution in [-0.4, -0.2) is 24.4 Å². The first kappa shape index (κ1) is 10.0. The first-order valence-corrected chi connectivity index (χ1v) is 3.88. The molecule has 0 unspecified atom stereocenters. The van der Waals surface area contributed by atoms with Gasteiger partial charge in [0, 0.05) is 0 Å². The molecule has 5 nitrogen and oxygen atoms in total. The van der Waals surface area contributed by atoms with Crippen LogP contribution in [0.2, 0.25) is 0 Å². The maximum Gasteiger partial charge on any atom is 0.348 e. The van der Waals surface area contributed by atoms with Crippen LogP contribution in [0.5, 0.6) is 5.75 Å². The lowest BCUT2D eigenvalue weighted by atomic mass is 10.3. The third-order valence-corrected chi connectivity index (χ3v) is 1.46. The number of hydrogen-bond donors (Lipinski definition) is 2. The van der Waals surface area contributed by atoms with Crippen LogP contribution in [-0.2, 0) is 4.79 Å². The van der Waals surface area contributed by atoms with Gasteiger partial charge in [0.2, 0.25) is 0 Å². The molecule has 0 aromatic heterocycles. The van der Waals surface area contributed by atoms with Crippen LogP contribution in [0.1, 0.15) is 0 Å². The number of carboxylic acids is 1. The first-order valence-electron chi connectivity index (χ1n) is 3.88. The van der Waals surface area contributed by atoms with E-state index < -0.39 is 5.97 Å².